The standard InChI is InChI=1S/C14H19N3O2/c1-14(2,3)12(16)13(18)17-10-6-5-9(8-15)7-11(10)19-4/h5-7,12H,16H2,1-4H3,(H,17,18). The molecule has 0 aliphatic heterocycles. The number of ether oxygens (including phenoxy) is 1. The van der Waals surface area contributed by atoms with Crippen molar-refractivity contribution in [2.45, 2.75) is 26.8 Å². The van der Waals surface area contributed by atoms with Gasteiger partial charge in [-0.05, 0) is 17.5 Å². The summed E-state index contributed by atoms with van der Waals surface area (Å²) in [6, 6.07) is 6.19. The Morgan fingerprint density at radius 2 is 2.11 bits per heavy atom. The van der Waals surface area contributed by atoms with Crippen molar-refractivity contribution >= 4 is 11.6 Å². The molecule has 1 amide bonds. The minimum Gasteiger partial charge on any atom is -0.495 e. The largest absolute Gasteiger partial charge is 0.495 e. The minimum atomic E-state index is -0.632. The summed E-state index contributed by atoms with van der Waals surface area (Å²) in [6.45, 7) is 5.69. The SMILES string of the molecule is COc1cc(C#N)ccc1NC(=O)C(N)C(C)(C)C. The van der Waals surface area contributed by atoms with E-state index in [1.54, 1.807) is 18.2 Å². The second-order valence-electron chi connectivity index (χ2n) is 5.36. The highest BCUT2D eigenvalue weighted by molar-refractivity contribution is 5.96. The number of carbonyl (C=O) groups excluding carboxylic acids is 1. The lowest BCUT2D eigenvalue weighted by Gasteiger charge is -2.26. The monoisotopic (exact) mass is 261 g/mol. The zero-order valence-corrected chi connectivity index (χ0v) is 11.7. The van der Waals surface area contributed by atoms with Crippen molar-refractivity contribution in [2.75, 3.05) is 12.4 Å². The van der Waals surface area contributed by atoms with Crippen molar-refractivity contribution in [2.24, 2.45) is 11.1 Å². The maximum atomic E-state index is 12.0. The van der Waals surface area contributed by atoms with Crippen LogP contribution in [0.4, 0.5) is 5.69 Å². The average molecular weight is 261 g/mol. The summed E-state index contributed by atoms with van der Waals surface area (Å²) < 4.78 is 5.15. The molecule has 5 heteroatoms. The topological polar surface area (TPSA) is 88.1 Å². The number of nitrogens with one attached hydrogen (secondary N) is 1. The van der Waals surface area contributed by atoms with E-state index in [0.29, 0.717) is 17.0 Å². The van der Waals surface area contributed by atoms with E-state index in [0.717, 1.165) is 0 Å². The number of nitrogens with zero attached hydrogens (tertiary/aromatic N) is 1. The van der Waals surface area contributed by atoms with Gasteiger partial charge in [0, 0.05) is 6.07 Å². The van der Waals surface area contributed by atoms with Gasteiger partial charge >= 0.3 is 0 Å². The third kappa shape index (κ3) is 3.70. The van der Waals surface area contributed by atoms with Gasteiger partial charge in [-0.25, -0.2) is 0 Å². The zero-order chi connectivity index (χ0) is 14.6. The van der Waals surface area contributed by atoms with Crippen LogP contribution in [0.1, 0.15) is 26.3 Å². The zero-order valence-electron chi connectivity index (χ0n) is 11.7. The summed E-state index contributed by atoms with van der Waals surface area (Å²) in [4.78, 5) is 12.0. The summed E-state index contributed by atoms with van der Waals surface area (Å²) in [5.74, 6) is 0.156. The molecule has 1 atom stereocenters. The Hall–Kier alpha value is -2.06. The van der Waals surface area contributed by atoms with E-state index in [9.17, 15) is 4.79 Å². The molecule has 102 valence electrons. The van der Waals surface area contributed by atoms with Crippen LogP contribution in [-0.2, 0) is 4.79 Å². The molecule has 0 aliphatic rings. The molecule has 1 aromatic carbocycles. The van der Waals surface area contributed by atoms with Gasteiger partial charge in [0.1, 0.15) is 5.75 Å². The van der Waals surface area contributed by atoms with Gasteiger partial charge in [0.25, 0.3) is 0 Å². The van der Waals surface area contributed by atoms with Crippen molar-refractivity contribution in [1.29, 1.82) is 5.26 Å². The van der Waals surface area contributed by atoms with Gasteiger partial charge in [-0.3, -0.25) is 4.79 Å². The molecular weight excluding hydrogens is 242 g/mol. The molecule has 1 unspecified atom stereocenters. The first-order valence-electron chi connectivity index (χ1n) is 5.94. The number of benzene rings is 1. The van der Waals surface area contributed by atoms with Gasteiger partial charge < -0.3 is 15.8 Å². The highest BCUT2D eigenvalue weighted by Gasteiger charge is 2.27. The normalized spacial score (nSPS) is 12.4. The molecule has 3 N–H and O–H groups in total. The average Bonchev–Trinajstić information content (AvgIpc) is 2.37. The Morgan fingerprint density at radius 3 is 2.58 bits per heavy atom. The molecule has 0 fully saturated rings. The fourth-order valence-electron chi connectivity index (χ4n) is 1.47. The van der Waals surface area contributed by atoms with E-state index in [-0.39, 0.29) is 11.3 Å². The Morgan fingerprint density at radius 1 is 1.47 bits per heavy atom. The first-order valence-corrected chi connectivity index (χ1v) is 5.94. The number of hydrogen-bond acceptors (Lipinski definition) is 4. The van der Waals surface area contributed by atoms with Crippen molar-refractivity contribution in [1.82, 2.24) is 0 Å². The number of anilines is 1. The maximum Gasteiger partial charge on any atom is 0.241 e. The maximum absolute atomic E-state index is 12.0. The molecule has 1 rings (SSSR count). The molecule has 0 aromatic heterocycles. The first-order chi connectivity index (χ1) is 8.79. The third-order valence-electron chi connectivity index (χ3n) is 2.80. The Bertz CT molecular complexity index is 512. The Balaban J connectivity index is 2.95. The van der Waals surface area contributed by atoms with Gasteiger partial charge in [0.05, 0.1) is 30.5 Å². The number of hydrogen-bond donors (Lipinski definition) is 2. The number of rotatable bonds is 3. The van der Waals surface area contributed by atoms with Crippen LogP contribution >= 0.6 is 0 Å². The molecular formula is C14H19N3O2. The molecule has 0 radical (unpaired) electrons. The van der Waals surface area contributed by atoms with Crippen LogP contribution in [0, 0.1) is 16.7 Å². The van der Waals surface area contributed by atoms with E-state index in [1.165, 1.54) is 7.11 Å². The number of amides is 1. The van der Waals surface area contributed by atoms with E-state index >= 15 is 0 Å². The van der Waals surface area contributed by atoms with Crippen LogP contribution in [0.5, 0.6) is 5.75 Å². The molecule has 0 saturated carbocycles. The van der Waals surface area contributed by atoms with E-state index < -0.39 is 6.04 Å². The number of carbonyl (C=O) groups is 1. The van der Waals surface area contributed by atoms with Crippen LogP contribution in [0.2, 0.25) is 0 Å². The summed E-state index contributed by atoms with van der Waals surface area (Å²) in [5.41, 5.74) is 6.53. The van der Waals surface area contributed by atoms with E-state index in [4.69, 9.17) is 15.7 Å². The van der Waals surface area contributed by atoms with Crippen molar-refractivity contribution in [3.8, 4) is 11.8 Å². The second-order valence-corrected chi connectivity index (χ2v) is 5.36. The Kier molecular flexibility index (Phi) is 4.52. The van der Waals surface area contributed by atoms with Crippen LogP contribution in [0.25, 0.3) is 0 Å². The third-order valence-corrected chi connectivity index (χ3v) is 2.80. The van der Waals surface area contributed by atoms with Crippen molar-refractivity contribution < 1.29 is 9.53 Å². The minimum absolute atomic E-state index is 0.282. The molecule has 0 bridgehead atoms. The fraction of sp³-hybridized carbons (Fsp3) is 0.429. The number of nitriles is 1. The van der Waals surface area contributed by atoms with Crippen LogP contribution in [0.15, 0.2) is 18.2 Å². The fourth-order valence-corrected chi connectivity index (χ4v) is 1.47. The molecule has 19 heavy (non-hydrogen) atoms. The number of methoxy groups -OCH3 is 1. The highest BCUT2D eigenvalue weighted by Crippen LogP contribution is 2.26. The second kappa shape index (κ2) is 5.72. The van der Waals surface area contributed by atoms with Crippen molar-refractivity contribution in [3.05, 3.63) is 23.8 Å². The van der Waals surface area contributed by atoms with Crippen molar-refractivity contribution in [3.63, 3.8) is 0 Å². The van der Waals surface area contributed by atoms with Gasteiger partial charge in [0.15, 0.2) is 0 Å². The summed E-state index contributed by atoms with van der Waals surface area (Å²) >= 11 is 0. The molecule has 5 nitrogen and oxygen atoms in total. The van der Waals surface area contributed by atoms with E-state index in [1.807, 2.05) is 26.8 Å². The molecule has 1 aromatic rings. The lowest BCUT2D eigenvalue weighted by molar-refractivity contribution is -0.119. The van der Waals surface area contributed by atoms with Gasteiger partial charge in [-0.1, -0.05) is 20.8 Å². The summed E-state index contributed by atoms with van der Waals surface area (Å²) in [5, 5.41) is 11.5. The smallest absolute Gasteiger partial charge is 0.241 e. The van der Waals surface area contributed by atoms with Gasteiger partial charge in [0.2, 0.25) is 5.91 Å². The quantitative estimate of drug-likeness (QED) is 0.869. The van der Waals surface area contributed by atoms with Crippen LogP contribution in [0.3, 0.4) is 0 Å². The predicted molar refractivity (Wildman–Crippen MR) is 73.8 cm³/mol. The molecule has 0 heterocycles. The summed E-state index contributed by atoms with van der Waals surface area (Å²) in [7, 11) is 1.48. The lowest BCUT2D eigenvalue weighted by Crippen LogP contribution is -2.45. The summed E-state index contributed by atoms with van der Waals surface area (Å²) in [6.07, 6.45) is 0. The lowest BCUT2D eigenvalue weighted by atomic mass is 9.87. The van der Waals surface area contributed by atoms with Gasteiger partial charge in [-0.2, -0.15) is 5.26 Å². The molecule has 0 spiro atoms. The first kappa shape index (κ1) is 15.0. The molecule has 0 saturated heterocycles. The van der Waals surface area contributed by atoms with E-state index in [2.05, 4.69) is 5.32 Å². The van der Waals surface area contributed by atoms with Crippen LogP contribution < -0.4 is 15.8 Å². The predicted octanol–water partition coefficient (Wildman–Crippen LogP) is 1.88. The van der Waals surface area contributed by atoms with Gasteiger partial charge in [-0.15, -0.1) is 0 Å². The highest BCUT2D eigenvalue weighted by atomic mass is 16.5. The van der Waals surface area contributed by atoms with Crippen LogP contribution in [-0.4, -0.2) is 19.1 Å². The number of nitrogens with two attached hydrogens (primary N) is 1. The molecule has 0 aliphatic carbocycles. The Labute approximate surface area is 113 Å².